The monoisotopic (exact) mass is 229 g/mol. The maximum absolute atomic E-state index is 10.8. The number of rotatable bonds is 7. The van der Waals surface area contributed by atoms with Crippen LogP contribution in [0, 0.1) is 0 Å². The third-order valence-electron chi connectivity index (χ3n) is 2.92. The van der Waals surface area contributed by atoms with Gasteiger partial charge in [0.15, 0.2) is 0 Å². The number of carboxylic acids is 1. The van der Waals surface area contributed by atoms with E-state index in [0.29, 0.717) is 6.04 Å². The Morgan fingerprint density at radius 1 is 1.31 bits per heavy atom. The van der Waals surface area contributed by atoms with Gasteiger partial charge in [-0.25, -0.2) is 0 Å². The maximum Gasteiger partial charge on any atom is 0.317 e. The van der Waals surface area contributed by atoms with Crippen LogP contribution < -0.4 is 0 Å². The van der Waals surface area contributed by atoms with Gasteiger partial charge in [-0.2, -0.15) is 0 Å². The summed E-state index contributed by atoms with van der Waals surface area (Å²) in [5, 5.41) is 8.93. The maximum atomic E-state index is 10.8. The molecule has 0 aliphatic rings. The average Bonchev–Trinajstić information content (AvgIpc) is 2.12. The van der Waals surface area contributed by atoms with E-state index >= 15 is 0 Å². The van der Waals surface area contributed by atoms with Gasteiger partial charge in [-0.05, 0) is 34.1 Å². The molecule has 0 saturated carbocycles. The first-order valence-electron chi connectivity index (χ1n) is 6.27. The number of aliphatic carboxylic acids is 1. The second kappa shape index (κ2) is 6.89. The van der Waals surface area contributed by atoms with Crippen LogP contribution in [-0.2, 0) is 4.79 Å². The average molecular weight is 229 g/mol. The molecule has 0 bridgehead atoms. The molecule has 1 unspecified atom stereocenters. The Bertz CT molecular complexity index is 208. The Labute approximate surface area is 99.8 Å². The summed E-state index contributed by atoms with van der Waals surface area (Å²) >= 11 is 0. The zero-order valence-electron chi connectivity index (χ0n) is 11.4. The van der Waals surface area contributed by atoms with Crippen LogP contribution >= 0.6 is 0 Å². The van der Waals surface area contributed by atoms with E-state index in [2.05, 4.69) is 39.5 Å². The van der Waals surface area contributed by atoms with Crippen molar-refractivity contribution in [1.29, 1.82) is 0 Å². The fourth-order valence-electron chi connectivity index (χ4n) is 2.05. The van der Waals surface area contributed by atoms with E-state index in [9.17, 15) is 4.79 Å². The molecule has 0 aromatic rings. The van der Waals surface area contributed by atoms with Gasteiger partial charge in [0.25, 0.3) is 0 Å². The van der Waals surface area contributed by atoms with Gasteiger partial charge in [-0.1, -0.05) is 26.2 Å². The summed E-state index contributed by atoms with van der Waals surface area (Å²) in [4.78, 5) is 12.9. The minimum Gasteiger partial charge on any atom is -0.480 e. The highest BCUT2D eigenvalue weighted by molar-refractivity contribution is 5.69. The topological polar surface area (TPSA) is 40.5 Å². The number of hydrogen-bond acceptors (Lipinski definition) is 2. The molecule has 0 aliphatic carbocycles. The smallest absolute Gasteiger partial charge is 0.317 e. The number of nitrogens with zero attached hydrogens (tertiary/aromatic N) is 1. The van der Waals surface area contributed by atoms with Crippen LogP contribution in [0.15, 0.2) is 0 Å². The molecule has 16 heavy (non-hydrogen) atoms. The largest absolute Gasteiger partial charge is 0.480 e. The second-order valence-electron chi connectivity index (χ2n) is 5.54. The van der Waals surface area contributed by atoms with Crippen molar-refractivity contribution in [3.05, 3.63) is 0 Å². The molecule has 0 amide bonds. The SMILES string of the molecule is CCCCCC(C)N(CC(=O)O)C(C)(C)C. The highest BCUT2D eigenvalue weighted by atomic mass is 16.4. The fraction of sp³-hybridized carbons (Fsp3) is 0.923. The predicted molar refractivity (Wildman–Crippen MR) is 67.7 cm³/mol. The molecular formula is C13H27NO2. The lowest BCUT2D eigenvalue weighted by atomic mass is 10.00. The van der Waals surface area contributed by atoms with Crippen molar-refractivity contribution in [2.45, 2.75) is 71.9 Å². The molecule has 0 aromatic heterocycles. The highest BCUT2D eigenvalue weighted by Crippen LogP contribution is 2.20. The number of carbonyl (C=O) groups is 1. The van der Waals surface area contributed by atoms with Gasteiger partial charge in [-0.3, -0.25) is 9.69 Å². The first-order chi connectivity index (χ1) is 7.29. The summed E-state index contributed by atoms with van der Waals surface area (Å²) in [6.45, 7) is 10.7. The van der Waals surface area contributed by atoms with Crippen LogP contribution in [0.1, 0.15) is 60.3 Å². The summed E-state index contributed by atoms with van der Waals surface area (Å²) < 4.78 is 0. The minimum atomic E-state index is -0.739. The molecule has 0 aromatic carbocycles. The molecule has 3 heteroatoms. The van der Waals surface area contributed by atoms with Crippen molar-refractivity contribution in [2.75, 3.05) is 6.54 Å². The zero-order valence-corrected chi connectivity index (χ0v) is 11.4. The summed E-state index contributed by atoms with van der Waals surface area (Å²) in [5.41, 5.74) is -0.0793. The molecule has 1 N–H and O–H groups in total. The zero-order chi connectivity index (χ0) is 12.8. The molecule has 0 saturated heterocycles. The Hall–Kier alpha value is -0.570. The quantitative estimate of drug-likeness (QED) is 0.682. The molecule has 0 fully saturated rings. The van der Waals surface area contributed by atoms with Gasteiger partial charge in [0, 0.05) is 11.6 Å². The van der Waals surface area contributed by atoms with E-state index < -0.39 is 5.97 Å². The molecule has 96 valence electrons. The van der Waals surface area contributed by atoms with Crippen molar-refractivity contribution in [3.63, 3.8) is 0 Å². The summed E-state index contributed by atoms with van der Waals surface area (Å²) in [7, 11) is 0. The molecule has 0 heterocycles. The van der Waals surface area contributed by atoms with Crippen LogP contribution in [0.25, 0.3) is 0 Å². The summed E-state index contributed by atoms with van der Waals surface area (Å²) in [6, 6.07) is 0.336. The lowest BCUT2D eigenvalue weighted by Crippen LogP contribution is -2.49. The van der Waals surface area contributed by atoms with E-state index in [0.717, 1.165) is 6.42 Å². The van der Waals surface area contributed by atoms with Gasteiger partial charge in [0.05, 0.1) is 6.54 Å². The molecule has 3 nitrogen and oxygen atoms in total. The lowest BCUT2D eigenvalue weighted by Gasteiger charge is -2.39. The van der Waals surface area contributed by atoms with Gasteiger partial charge in [0.1, 0.15) is 0 Å². The second-order valence-corrected chi connectivity index (χ2v) is 5.54. The predicted octanol–water partition coefficient (Wildman–Crippen LogP) is 3.14. The van der Waals surface area contributed by atoms with Crippen molar-refractivity contribution in [2.24, 2.45) is 0 Å². The molecule has 1 atom stereocenters. The number of hydrogen-bond donors (Lipinski definition) is 1. The van der Waals surface area contributed by atoms with E-state index in [4.69, 9.17) is 5.11 Å². The Morgan fingerprint density at radius 2 is 1.88 bits per heavy atom. The van der Waals surface area contributed by atoms with Crippen LogP contribution in [0.2, 0.25) is 0 Å². The molecular weight excluding hydrogens is 202 g/mol. The van der Waals surface area contributed by atoms with Gasteiger partial charge >= 0.3 is 5.97 Å². The van der Waals surface area contributed by atoms with E-state index in [1.165, 1.54) is 19.3 Å². The van der Waals surface area contributed by atoms with Crippen molar-refractivity contribution in [1.82, 2.24) is 4.90 Å². The molecule has 0 aliphatic heterocycles. The third-order valence-corrected chi connectivity index (χ3v) is 2.92. The van der Waals surface area contributed by atoms with Crippen LogP contribution in [0.3, 0.4) is 0 Å². The van der Waals surface area contributed by atoms with Crippen molar-refractivity contribution >= 4 is 5.97 Å². The molecule has 0 radical (unpaired) electrons. The van der Waals surface area contributed by atoms with Gasteiger partial charge in [0.2, 0.25) is 0 Å². The first kappa shape index (κ1) is 15.4. The van der Waals surface area contributed by atoms with Crippen molar-refractivity contribution < 1.29 is 9.90 Å². The number of carboxylic acid groups (broad SMARTS) is 1. The Balaban J connectivity index is 4.33. The minimum absolute atomic E-state index is 0.0793. The van der Waals surface area contributed by atoms with Crippen LogP contribution in [0.4, 0.5) is 0 Å². The first-order valence-corrected chi connectivity index (χ1v) is 6.27. The Kier molecular flexibility index (Phi) is 6.65. The lowest BCUT2D eigenvalue weighted by molar-refractivity contribution is -0.140. The fourth-order valence-corrected chi connectivity index (χ4v) is 2.05. The Morgan fingerprint density at radius 3 is 2.25 bits per heavy atom. The van der Waals surface area contributed by atoms with E-state index in [-0.39, 0.29) is 12.1 Å². The summed E-state index contributed by atoms with van der Waals surface area (Å²) in [5.74, 6) is -0.739. The van der Waals surface area contributed by atoms with E-state index in [1.54, 1.807) is 0 Å². The summed E-state index contributed by atoms with van der Waals surface area (Å²) in [6.07, 6.45) is 4.71. The highest BCUT2D eigenvalue weighted by Gasteiger charge is 2.27. The molecule has 0 rings (SSSR count). The van der Waals surface area contributed by atoms with Gasteiger partial charge < -0.3 is 5.11 Å². The standard InChI is InChI=1S/C13H27NO2/c1-6-7-8-9-11(2)14(10-12(15)16)13(3,4)5/h11H,6-10H2,1-5H3,(H,15,16). The van der Waals surface area contributed by atoms with Crippen LogP contribution in [0.5, 0.6) is 0 Å². The number of unbranched alkanes of at least 4 members (excludes halogenated alkanes) is 2. The molecule has 0 spiro atoms. The van der Waals surface area contributed by atoms with E-state index in [1.807, 2.05) is 0 Å². The van der Waals surface area contributed by atoms with Crippen LogP contribution in [-0.4, -0.2) is 34.1 Å². The normalized spacial score (nSPS) is 14.1. The third kappa shape index (κ3) is 6.11. The van der Waals surface area contributed by atoms with Crippen molar-refractivity contribution in [3.8, 4) is 0 Å². The van der Waals surface area contributed by atoms with Gasteiger partial charge in [-0.15, -0.1) is 0 Å².